The van der Waals surface area contributed by atoms with Crippen LogP contribution in [0.4, 0.5) is 0 Å². The van der Waals surface area contributed by atoms with Crippen molar-refractivity contribution in [3.05, 3.63) is 16.5 Å². The molecule has 19 heavy (non-hydrogen) atoms. The third-order valence-electron chi connectivity index (χ3n) is 3.19. The fourth-order valence-corrected chi connectivity index (χ4v) is 4.95. The average molecular weight is 372 g/mol. The molecular weight excluding hydrogens is 356 g/mol. The van der Waals surface area contributed by atoms with Crippen molar-refractivity contribution in [1.29, 1.82) is 0 Å². The van der Waals surface area contributed by atoms with Gasteiger partial charge in [-0.2, -0.15) is 4.31 Å². The van der Waals surface area contributed by atoms with Crippen LogP contribution in [0.25, 0.3) is 0 Å². The summed E-state index contributed by atoms with van der Waals surface area (Å²) in [5.41, 5.74) is 0. The Morgan fingerprint density at radius 2 is 2.21 bits per heavy atom. The largest absolute Gasteiger partial charge is 0.452 e. The van der Waals surface area contributed by atoms with Crippen LogP contribution in [0.15, 0.2) is 20.0 Å². The molecule has 0 N–H and O–H groups in total. The van der Waals surface area contributed by atoms with Crippen molar-refractivity contribution in [2.45, 2.75) is 23.7 Å². The number of sulfonamides is 1. The molecule has 0 amide bonds. The summed E-state index contributed by atoms with van der Waals surface area (Å²) in [6.45, 7) is 3.83. The minimum Gasteiger partial charge on any atom is -0.452 e. The molecule has 2 heterocycles. The lowest BCUT2D eigenvalue weighted by molar-refractivity contribution is 0.170. The third kappa shape index (κ3) is 3.00. The van der Waals surface area contributed by atoms with Gasteiger partial charge in [-0.15, -0.1) is 11.6 Å². The molecule has 0 saturated carbocycles. The number of halogens is 2. The van der Waals surface area contributed by atoms with Gasteiger partial charge in [-0.05, 0) is 29.9 Å². The summed E-state index contributed by atoms with van der Waals surface area (Å²) in [5, 5.41) is 0. The van der Waals surface area contributed by atoms with Crippen molar-refractivity contribution < 1.29 is 12.8 Å². The van der Waals surface area contributed by atoms with Crippen molar-refractivity contribution >= 4 is 37.6 Å². The normalized spacial score (nSPS) is 22.8. The van der Waals surface area contributed by atoms with E-state index in [1.165, 1.54) is 10.4 Å². The van der Waals surface area contributed by atoms with E-state index >= 15 is 0 Å². The molecule has 1 unspecified atom stereocenters. The number of hydrogen-bond donors (Lipinski definition) is 0. The highest BCUT2D eigenvalue weighted by molar-refractivity contribution is 9.10. The lowest BCUT2D eigenvalue weighted by atomic mass is 10.2. The van der Waals surface area contributed by atoms with Crippen LogP contribution in [0.3, 0.4) is 0 Å². The summed E-state index contributed by atoms with van der Waals surface area (Å²) >= 11 is 8.82. The highest BCUT2D eigenvalue weighted by Crippen LogP contribution is 2.31. The van der Waals surface area contributed by atoms with Crippen molar-refractivity contribution in [3.8, 4) is 0 Å². The van der Waals surface area contributed by atoms with Gasteiger partial charge in [-0.3, -0.25) is 0 Å². The molecule has 2 rings (SSSR count). The predicted molar refractivity (Wildman–Crippen MR) is 76.8 cm³/mol. The molecule has 1 atom stereocenters. The zero-order valence-electron chi connectivity index (χ0n) is 10.8. The Labute approximate surface area is 126 Å². The van der Waals surface area contributed by atoms with Gasteiger partial charge in [0, 0.05) is 31.7 Å². The monoisotopic (exact) mass is 370 g/mol. The minimum absolute atomic E-state index is 0.0648. The summed E-state index contributed by atoms with van der Waals surface area (Å²) < 4.78 is 32.3. The minimum atomic E-state index is -3.55. The van der Waals surface area contributed by atoms with Crippen LogP contribution in [0.5, 0.6) is 0 Å². The van der Waals surface area contributed by atoms with E-state index in [4.69, 9.17) is 16.0 Å². The van der Waals surface area contributed by atoms with E-state index in [1.54, 1.807) is 0 Å². The molecule has 0 bridgehead atoms. The van der Waals surface area contributed by atoms with E-state index in [-0.39, 0.29) is 21.5 Å². The molecule has 8 heteroatoms. The maximum Gasteiger partial charge on any atom is 0.247 e. The quantitative estimate of drug-likeness (QED) is 0.764. The van der Waals surface area contributed by atoms with Crippen LogP contribution < -0.4 is 0 Å². The smallest absolute Gasteiger partial charge is 0.247 e. The van der Waals surface area contributed by atoms with E-state index in [0.29, 0.717) is 12.3 Å². The molecular formula is C11H16BrClN2O3S. The van der Waals surface area contributed by atoms with E-state index in [2.05, 4.69) is 20.8 Å². The van der Waals surface area contributed by atoms with Crippen molar-refractivity contribution in [2.75, 3.05) is 26.7 Å². The molecule has 1 aliphatic heterocycles. The SMILES string of the molecule is CC1CN(C)CCN1S(=O)(=O)c1cc(CCl)oc1Br. The number of hydrogen-bond acceptors (Lipinski definition) is 4. The summed E-state index contributed by atoms with van der Waals surface area (Å²) in [6.07, 6.45) is 0. The average Bonchev–Trinajstić information content (AvgIpc) is 2.70. The number of nitrogens with zero attached hydrogens (tertiary/aromatic N) is 2. The molecule has 1 aliphatic rings. The second-order valence-corrected chi connectivity index (χ2v) is 7.56. The molecule has 108 valence electrons. The standard InChI is InChI=1S/C11H16BrClN2O3S/c1-8-7-14(2)3-4-15(8)19(16,17)10-5-9(6-13)18-11(10)12/h5,8H,3-4,6-7H2,1-2H3. The first kappa shape index (κ1) is 15.3. The molecule has 1 fully saturated rings. The topological polar surface area (TPSA) is 53.8 Å². The molecule has 0 aliphatic carbocycles. The van der Waals surface area contributed by atoms with Gasteiger partial charge >= 0.3 is 0 Å². The number of likely N-dealkylation sites (N-methyl/N-ethyl adjacent to an activating group) is 1. The summed E-state index contributed by atoms with van der Waals surface area (Å²) in [5.74, 6) is 0.584. The second kappa shape index (κ2) is 5.73. The van der Waals surface area contributed by atoms with E-state index in [0.717, 1.165) is 13.1 Å². The first-order valence-corrected chi connectivity index (χ1v) is 8.67. The van der Waals surface area contributed by atoms with Gasteiger partial charge < -0.3 is 9.32 Å². The first-order chi connectivity index (χ1) is 8.86. The number of rotatable bonds is 3. The van der Waals surface area contributed by atoms with Crippen molar-refractivity contribution in [3.63, 3.8) is 0 Å². The Hall–Kier alpha value is -0.0800. The van der Waals surface area contributed by atoms with E-state index in [1.807, 2.05) is 14.0 Å². The lowest BCUT2D eigenvalue weighted by Gasteiger charge is -2.36. The van der Waals surface area contributed by atoms with Gasteiger partial charge in [-0.25, -0.2) is 8.42 Å². The van der Waals surface area contributed by atoms with Crippen LogP contribution in [-0.2, 0) is 15.9 Å². The van der Waals surface area contributed by atoms with E-state index < -0.39 is 10.0 Å². The van der Waals surface area contributed by atoms with Gasteiger partial charge in [0.25, 0.3) is 0 Å². The van der Waals surface area contributed by atoms with Crippen LogP contribution in [0.1, 0.15) is 12.7 Å². The van der Waals surface area contributed by atoms with Crippen molar-refractivity contribution in [1.82, 2.24) is 9.21 Å². The Bertz CT molecular complexity index is 560. The molecule has 1 saturated heterocycles. The first-order valence-electron chi connectivity index (χ1n) is 5.91. The molecule has 0 aromatic carbocycles. The number of furan rings is 1. The fraction of sp³-hybridized carbons (Fsp3) is 0.636. The Kier molecular flexibility index (Phi) is 4.62. The van der Waals surface area contributed by atoms with E-state index in [9.17, 15) is 8.42 Å². The van der Waals surface area contributed by atoms with Gasteiger partial charge in [0.15, 0.2) is 4.67 Å². The summed E-state index contributed by atoms with van der Waals surface area (Å²) in [6, 6.07) is 1.42. The molecule has 0 spiro atoms. The zero-order chi connectivity index (χ0) is 14.2. The Balaban J connectivity index is 2.34. The number of alkyl halides is 1. The van der Waals surface area contributed by atoms with Gasteiger partial charge in [0.1, 0.15) is 10.7 Å². The van der Waals surface area contributed by atoms with Crippen LogP contribution in [0, 0.1) is 0 Å². The molecule has 5 nitrogen and oxygen atoms in total. The fourth-order valence-electron chi connectivity index (χ4n) is 2.25. The zero-order valence-corrected chi connectivity index (χ0v) is 13.9. The van der Waals surface area contributed by atoms with Gasteiger partial charge in [0.2, 0.25) is 10.0 Å². The molecule has 1 aromatic heterocycles. The van der Waals surface area contributed by atoms with Crippen LogP contribution >= 0.6 is 27.5 Å². The summed E-state index contributed by atoms with van der Waals surface area (Å²) in [7, 11) is -1.56. The second-order valence-electron chi connectivity index (χ2n) is 4.71. The lowest BCUT2D eigenvalue weighted by Crippen LogP contribution is -2.52. The number of piperazine rings is 1. The maximum atomic E-state index is 12.6. The van der Waals surface area contributed by atoms with Crippen molar-refractivity contribution in [2.24, 2.45) is 0 Å². The molecule has 0 radical (unpaired) electrons. The Morgan fingerprint density at radius 3 is 2.74 bits per heavy atom. The third-order valence-corrected chi connectivity index (χ3v) is 6.33. The van der Waals surface area contributed by atoms with Crippen LogP contribution in [0.2, 0.25) is 0 Å². The highest BCUT2D eigenvalue weighted by Gasteiger charge is 2.35. The van der Waals surface area contributed by atoms with Gasteiger partial charge in [-0.1, -0.05) is 0 Å². The van der Waals surface area contributed by atoms with Crippen LogP contribution in [-0.4, -0.2) is 50.3 Å². The Morgan fingerprint density at radius 1 is 1.53 bits per heavy atom. The van der Waals surface area contributed by atoms with Gasteiger partial charge in [0.05, 0.1) is 5.88 Å². The maximum absolute atomic E-state index is 12.6. The molecule has 1 aromatic rings. The highest BCUT2D eigenvalue weighted by atomic mass is 79.9. The predicted octanol–water partition coefficient (Wildman–Crippen LogP) is 2.11. The summed E-state index contributed by atoms with van der Waals surface area (Å²) in [4.78, 5) is 2.27.